The zero-order valence-corrected chi connectivity index (χ0v) is 11.9. The lowest BCUT2D eigenvalue weighted by Crippen LogP contribution is -2.03. The highest BCUT2D eigenvalue weighted by molar-refractivity contribution is 5.60. The van der Waals surface area contributed by atoms with Crippen LogP contribution in [0, 0.1) is 0 Å². The summed E-state index contributed by atoms with van der Waals surface area (Å²) in [6.07, 6.45) is 3.62. The van der Waals surface area contributed by atoms with Crippen molar-refractivity contribution in [2.75, 3.05) is 18.5 Å². The highest BCUT2D eigenvalue weighted by Gasteiger charge is 2.05. The predicted molar refractivity (Wildman–Crippen MR) is 80.3 cm³/mol. The molecule has 0 spiro atoms. The summed E-state index contributed by atoms with van der Waals surface area (Å²) < 4.78 is 11.1. The van der Waals surface area contributed by atoms with Gasteiger partial charge in [0.15, 0.2) is 0 Å². The van der Waals surface area contributed by atoms with Gasteiger partial charge in [-0.15, -0.1) is 0 Å². The number of aromatic nitrogens is 1. The Balaban J connectivity index is 2.12. The van der Waals surface area contributed by atoms with Crippen molar-refractivity contribution in [1.29, 1.82) is 0 Å². The SMILES string of the molecule is CCOc1ccc(OCC)c(NCc2cccnc2)c1. The van der Waals surface area contributed by atoms with E-state index in [1.165, 1.54) is 0 Å². The molecule has 0 saturated heterocycles. The Labute approximate surface area is 119 Å². The van der Waals surface area contributed by atoms with Gasteiger partial charge in [-0.2, -0.15) is 0 Å². The van der Waals surface area contributed by atoms with Crippen LogP contribution in [0.3, 0.4) is 0 Å². The Morgan fingerprint density at radius 3 is 2.65 bits per heavy atom. The van der Waals surface area contributed by atoms with Crippen LogP contribution in [0.15, 0.2) is 42.7 Å². The van der Waals surface area contributed by atoms with Gasteiger partial charge in [-0.25, -0.2) is 0 Å². The quantitative estimate of drug-likeness (QED) is 0.838. The van der Waals surface area contributed by atoms with Gasteiger partial charge in [0.05, 0.1) is 18.9 Å². The van der Waals surface area contributed by atoms with Crippen molar-refractivity contribution < 1.29 is 9.47 Å². The first kappa shape index (κ1) is 14.2. The van der Waals surface area contributed by atoms with Gasteiger partial charge in [-0.05, 0) is 37.6 Å². The lowest BCUT2D eigenvalue weighted by atomic mass is 10.2. The third kappa shape index (κ3) is 3.88. The average Bonchev–Trinajstić information content (AvgIpc) is 2.49. The molecule has 2 aromatic rings. The molecule has 106 valence electrons. The van der Waals surface area contributed by atoms with Gasteiger partial charge in [0.2, 0.25) is 0 Å². The van der Waals surface area contributed by atoms with Crippen molar-refractivity contribution in [3.8, 4) is 11.5 Å². The molecule has 0 saturated carbocycles. The fraction of sp³-hybridized carbons (Fsp3) is 0.312. The number of hydrogen-bond acceptors (Lipinski definition) is 4. The first-order chi connectivity index (χ1) is 9.83. The van der Waals surface area contributed by atoms with E-state index in [1.807, 2.05) is 50.4 Å². The van der Waals surface area contributed by atoms with Crippen LogP contribution in [0.4, 0.5) is 5.69 Å². The van der Waals surface area contributed by atoms with Crippen LogP contribution in [0.1, 0.15) is 19.4 Å². The molecule has 0 fully saturated rings. The monoisotopic (exact) mass is 272 g/mol. The molecule has 4 nitrogen and oxygen atoms in total. The maximum atomic E-state index is 5.62. The number of ether oxygens (including phenoxy) is 2. The minimum atomic E-state index is 0.634. The molecule has 1 N–H and O–H groups in total. The van der Waals surface area contributed by atoms with Gasteiger partial charge in [-0.3, -0.25) is 4.98 Å². The molecule has 2 rings (SSSR count). The summed E-state index contributed by atoms with van der Waals surface area (Å²) in [5.41, 5.74) is 2.05. The fourth-order valence-corrected chi connectivity index (χ4v) is 1.89. The topological polar surface area (TPSA) is 43.4 Å². The summed E-state index contributed by atoms with van der Waals surface area (Å²) in [5, 5.41) is 3.37. The predicted octanol–water partition coefficient (Wildman–Crippen LogP) is 3.49. The third-order valence-electron chi connectivity index (χ3n) is 2.77. The van der Waals surface area contributed by atoms with E-state index in [4.69, 9.17) is 9.47 Å². The molecule has 0 aliphatic carbocycles. The third-order valence-corrected chi connectivity index (χ3v) is 2.77. The van der Waals surface area contributed by atoms with Gasteiger partial charge in [0, 0.05) is 25.0 Å². The van der Waals surface area contributed by atoms with Gasteiger partial charge in [-0.1, -0.05) is 6.07 Å². The maximum Gasteiger partial charge on any atom is 0.142 e. The molecular formula is C16H20N2O2. The summed E-state index contributed by atoms with van der Waals surface area (Å²) in [6.45, 7) is 5.93. The van der Waals surface area contributed by atoms with Crippen LogP contribution < -0.4 is 14.8 Å². The van der Waals surface area contributed by atoms with Crippen molar-refractivity contribution in [1.82, 2.24) is 4.98 Å². The molecule has 0 unspecified atom stereocenters. The van der Waals surface area contributed by atoms with Crippen molar-refractivity contribution in [3.05, 3.63) is 48.3 Å². The molecule has 1 aromatic carbocycles. The molecule has 0 aliphatic rings. The largest absolute Gasteiger partial charge is 0.494 e. The first-order valence-corrected chi connectivity index (χ1v) is 6.86. The Morgan fingerprint density at radius 2 is 1.95 bits per heavy atom. The number of rotatable bonds is 7. The fourth-order valence-electron chi connectivity index (χ4n) is 1.89. The summed E-state index contributed by atoms with van der Waals surface area (Å²) in [5.74, 6) is 1.67. The van der Waals surface area contributed by atoms with E-state index in [-0.39, 0.29) is 0 Å². The number of pyridine rings is 1. The Morgan fingerprint density at radius 1 is 1.10 bits per heavy atom. The van der Waals surface area contributed by atoms with Crippen LogP contribution in [0.25, 0.3) is 0 Å². The van der Waals surface area contributed by atoms with E-state index >= 15 is 0 Å². The van der Waals surface area contributed by atoms with Crippen molar-refractivity contribution in [2.24, 2.45) is 0 Å². The standard InChI is InChI=1S/C16H20N2O2/c1-3-19-14-7-8-16(20-4-2)15(10-14)18-12-13-6-5-9-17-11-13/h5-11,18H,3-4,12H2,1-2H3. The van der Waals surface area contributed by atoms with E-state index in [0.717, 1.165) is 22.7 Å². The van der Waals surface area contributed by atoms with E-state index in [0.29, 0.717) is 19.8 Å². The maximum absolute atomic E-state index is 5.62. The number of benzene rings is 1. The molecule has 0 atom stereocenters. The molecule has 0 amide bonds. The highest BCUT2D eigenvalue weighted by Crippen LogP contribution is 2.29. The number of nitrogens with zero attached hydrogens (tertiary/aromatic N) is 1. The zero-order chi connectivity index (χ0) is 14.2. The average molecular weight is 272 g/mol. The Bertz CT molecular complexity index is 529. The van der Waals surface area contributed by atoms with E-state index < -0.39 is 0 Å². The van der Waals surface area contributed by atoms with Crippen molar-refractivity contribution >= 4 is 5.69 Å². The van der Waals surface area contributed by atoms with Gasteiger partial charge in [0.25, 0.3) is 0 Å². The molecule has 4 heteroatoms. The van der Waals surface area contributed by atoms with Gasteiger partial charge in [0.1, 0.15) is 11.5 Å². The van der Waals surface area contributed by atoms with Gasteiger partial charge < -0.3 is 14.8 Å². The molecule has 0 aliphatic heterocycles. The lowest BCUT2D eigenvalue weighted by Gasteiger charge is -2.14. The number of anilines is 1. The van der Waals surface area contributed by atoms with E-state index in [2.05, 4.69) is 10.3 Å². The van der Waals surface area contributed by atoms with Crippen molar-refractivity contribution in [2.45, 2.75) is 20.4 Å². The smallest absolute Gasteiger partial charge is 0.142 e. The van der Waals surface area contributed by atoms with Crippen LogP contribution in [0.5, 0.6) is 11.5 Å². The van der Waals surface area contributed by atoms with Crippen LogP contribution in [0.2, 0.25) is 0 Å². The summed E-state index contributed by atoms with van der Waals surface area (Å²) in [7, 11) is 0. The Hall–Kier alpha value is -2.23. The molecule has 1 heterocycles. The molecule has 20 heavy (non-hydrogen) atoms. The highest BCUT2D eigenvalue weighted by atomic mass is 16.5. The molecule has 0 radical (unpaired) electrons. The second kappa shape index (κ2) is 7.38. The summed E-state index contributed by atoms with van der Waals surface area (Å²) in [6, 6.07) is 9.78. The van der Waals surface area contributed by atoms with Crippen molar-refractivity contribution in [3.63, 3.8) is 0 Å². The second-order valence-electron chi connectivity index (χ2n) is 4.24. The summed E-state index contributed by atoms with van der Waals surface area (Å²) >= 11 is 0. The van der Waals surface area contributed by atoms with Gasteiger partial charge >= 0.3 is 0 Å². The van der Waals surface area contributed by atoms with Crippen LogP contribution in [-0.2, 0) is 6.54 Å². The molecule has 1 aromatic heterocycles. The van der Waals surface area contributed by atoms with E-state index in [9.17, 15) is 0 Å². The molecule has 0 bridgehead atoms. The number of nitrogens with one attached hydrogen (secondary N) is 1. The summed E-state index contributed by atoms with van der Waals surface area (Å²) in [4.78, 5) is 4.11. The van der Waals surface area contributed by atoms with Crippen LogP contribution >= 0.6 is 0 Å². The minimum absolute atomic E-state index is 0.634. The normalized spacial score (nSPS) is 10.1. The molecular weight excluding hydrogens is 252 g/mol. The lowest BCUT2D eigenvalue weighted by molar-refractivity contribution is 0.332. The number of hydrogen-bond donors (Lipinski definition) is 1. The Kier molecular flexibility index (Phi) is 5.24. The van der Waals surface area contributed by atoms with Crippen LogP contribution in [-0.4, -0.2) is 18.2 Å². The minimum Gasteiger partial charge on any atom is -0.494 e. The first-order valence-electron chi connectivity index (χ1n) is 6.86. The van der Waals surface area contributed by atoms with E-state index in [1.54, 1.807) is 6.20 Å². The second-order valence-corrected chi connectivity index (χ2v) is 4.24. The zero-order valence-electron chi connectivity index (χ0n) is 11.9.